The van der Waals surface area contributed by atoms with Gasteiger partial charge < -0.3 is 4.74 Å². The molecule has 108 valence electrons. The molecule has 0 bridgehead atoms. The van der Waals surface area contributed by atoms with E-state index in [-0.39, 0.29) is 6.09 Å². The summed E-state index contributed by atoms with van der Waals surface area (Å²) in [5, 5.41) is 3.79. The fourth-order valence-corrected chi connectivity index (χ4v) is 2.84. The minimum absolute atomic E-state index is 0.383. The number of carbonyl (C=O) groups is 1. The van der Waals surface area contributed by atoms with Crippen molar-refractivity contribution in [2.75, 3.05) is 5.32 Å². The van der Waals surface area contributed by atoms with Gasteiger partial charge in [0.15, 0.2) is 0 Å². The van der Waals surface area contributed by atoms with E-state index >= 15 is 0 Å². The van der Waals surface area contributed by atoms with Gasteiger partial charge in [-0.05, 0) is 44.2 Å². The summed E-state index contributed by atoms with van der Waals surface area (Å²) in [6.45, 7) is 14.2. The minimum Gasteiger partial charge on any atom is -0.444 e. The Morgan fingerprint density at radius 3 is 2.21 bits per heavy atom. The van der Waals surface area contributed by atoms with Crippen LogP contribution in [0.15, 0.2) is 6.07 Å². The fourth-order valence-electron chi connectivity index (χ4n) is 1.63. The second kappa shape index (κ2) is 5.95. The first-order valence-electron chi connectivity index (χ1n) is 6.73. The average molecular weight is 283 g/mol. The Morgan fingerprint density at radius 2 is 1.79 bits per heavy atom. The van der Waals surface area contributed by atoms with E-state index in [4.69, 9.17) is 4.74 Å². The third-order valence-electron chi connectivity index (χ3n) is 2.59. The number of amides is 1. The van der Waals surface area contributed by atoms with Gasteiger partial charge in [0.25, 0.3) is 0 Å². The lowest BCUT2D eigenvalue weighted by Gasteiger charge is -2.19. The zero-order chi connectivity index (χ0) is 14.8. The molecule has 0 fully saturated rings. The van der Waals surface area contributed by atoms with Crippen LogP contribution in [0.2, 0.25) is 0 Å². The molecule has 1 amide bonds. The third-order valence-corrected chi connectivity index (χ3v) is 3.95. The zero-order valence-electron chi connectivity index (χ0n) is 13.0. The van der Waals surface area contributed by atoms with E-state index in [1.165, 1.54) is 10.4 Å². The van der Waals surface area contributed by atoms with E-state index < -0.39 is 5.60 Å². The highest BCUT2D eigenvalue weighted by Crippen LogP contribution is 2.37. The molecule has 0 unspecified atom stereocenters. The van der Waals surface area contributed by atoms with Crippen molar-refractivity contribution in [2.45, 2.75) is 65.9 Å². The molecular formula is C15H25NO2S. The summed E-state index contributed by atoms with van der Waals surface area (Å²) >= 11 is 1.64. The van der Waals surface area contributed by atoms with Gasteiger partial charge in [-0.15, -0.1) is 11.3 Å². The van der Waals surface area contributed by atoms with Crippen molar-refractivity contribution in [3.8, 4) is 0 Å². The first-order chi connectivity index (χ1) is 8.60. The number of nitrogens with one attached hydrogen (secondary N) is 1. The Labute approximate surface area is 120 Å². The van der Waals surface area contributed by atoms with Crippen LogP contribution >= 0.6 is 11.3 Å². The summed E-state index contributed by atoms with van der Waals surface area (Å²) in [6.07, 6.45) is -0.383. The lowest BCUT2D eigenvalue weighted by molar-refractivity contribution is 0.0636. The smallest absolute Gasteiger partial charge is 0.412 e. The van der Waals surface area contributed by atoms with Gasteiger partial charge in [0.1, 0.15) is 10.6 Å². The Hall–Kier alpha value is -1.03. The quantitative estimate of drug-likeness (QED) is 0.813. The molecule has 19 heavy (non-hydrogen) atoms. The first-order valence-corrected chi connectivity index (χ1v) is 7.55. The van der Waals surface area contributed by atoms with E-state index in [1.54, 1.807) is 11.3 Å². The average Bonchev–Trinajstić information content (AvgIpc) is 2.58. The van der Waals surface area contributed by atoms with Gasteiger partial charge >= 0.3 is 6.09 Å². The number of rotatable bonds is 3. The van der Waals surface area contributed by atoms with Crippen molar-refractivity contribution in [1.29, 1.82) is 0 Å². The highest BCUT2D eigenvalue weighted by atomic mass is 32.1. The maximum atomic E-state index is 11.9. The SMILES string of the molecule is CC(C)c1cc(C(C)C)c(NC(=O)OC(C)(C)C)s1. The number of ether oxygens (including phenoxy) is 1. The topological polar surface area (TPSA) is 38.3 Å². The van der Waals surface area contributed by atoms with Crippen LogP contribution in [0.25, 0.3) is 0 Å². The van der Waals surface area contributed by atoms with Gasteiger partial charge in [0.05, 0.1) is 0 Å². The molecule has 0 saturated heterocycles. The molecule has 1 N–H and O–H groups in total. The molecule has 0 saturated carbocycles. The third kappa shape index (κ3) is 4.86. The molecule has 1 rings (SSSR count). The van der Waals surface area contributed by atoms with Gasteiger partial charge in [-0.3, -0.25) is 5.32 Å². The van der Waals surface area contributed by atoms with Crippen LogP contribution in [0.1, 0.15) is 70.7 Å². The molecule has 0 aliphatic rings. The highest BCUT2D eigenvalue weighted by Gasteiger charge is 2.20. The van der Waals surface area contributed by atoms with E-state index in [2.05, 4.69) is 39.1 Å². The number of carbonyl (C=O) groups excluding carboxylic acids is 1. The molecule has 1 aromatic rings. The molecule has 1 aromatic heterocycles. The summed E-state index contributed by atoms with van der Waals surface area (Å²) in [5.41, 5.74) is 0.708. The van der Waals surface area contributed by atoms with E-state index in [0.717, 1.165) is 5.00 Å². The van der Waals surface area contributed by atoms with Gasteiger partial charge in [0, 0.05) is 4.88 Å². The van der Waals surface area contributed by atoms with E-state index in [1.807, 2.05) is 20.8 Å². The van der Waals surface area contributed by atoms with Crippen molar-refractivity contribution < 1.29 is 9.53 Å². The predicted molar refractivity (Wildman–Crippen MR) is 82.4 cm³/mol. The summed E-state index contributed by atoms with van der Waals surface area (Å²) in [6, 6.07) is 2.19. The van der Waals surface area contributed by atoms with Crippen LogP contribution in [0.3, 0.4) is 0 Å². The summed E-state index contributed by atoms with van der Waals surface area (Å²) in [5.74, 6) is 0.852. The Balaban J connectivity index is 2.90. The van der Waals surface area contributed by atoms with Crippen LogP contribution in [-0.4, -0.2) is 11.7 Å². The molecular weight excluding hydrogens is 258 g/mol. The van der Waals surface area contributed by atoms with Crippen LogP contribution in [0.4, 0.5) is 9.80 Å². The monoisotopic (exact) mass is 283 g/mol. The zero-order valence-corrected chi connectivity index (χ0v) is 13.8. The molecule has 0 atom stereocenters. The maximum absolute atomic E-state index is 11.9. The lowest BCUT2D eigenvalue weighted by atomic mass is 10.0. The Morgan fingerprint density at radius 1 is 1.21 bits per heavy atom. The fraction of sp³-hybridized carbons (Fsp3) is 0.667. The number of anilines is 1. The lowest BCUT2D eigenvalue weighted by Crippen LogP contribution is -2.27. The molecule has 4 heteroatoms. The minimum atomic E-state index is -0.472. The molecule has 0 radical (unpaired) electrons. The molecule has 0 aliphatic carbocycles. The molecule has 1 heterocycles. The van der Waals surface area contributed by atoms with Crippen molar-refractivity contribution in [1.82, 2.24) is 0 Å². The van der Waals surface area contributed by atoms with E-state index in [9.17, 15) is 4.79 Å². The molecule has 3 nitrogen and oxygen atoms in total. The summed E-state index contributed by atoms with van der Waals surface area (Å²) in [7, 11) is 0. The molecule has 0 spiro atoms. The van der Waals surface area contributed by atoms with Gasteiger partial charge in [-0.1, -0.05) is 27.7 Å². The molecule has 0 aliphatic heterocycles. The van der Waals surface area contributed by atoms with Gasteiger partial charge in [-0.25, -0.2) is 4.79 Å². The van der Waals surface area contributed by atoms with Crippen LogP contribution in [0.5, 0.6) is 0 Å². The van der Waals surface area contributed by atoms with Crippen LogP contribution < -0.4 is 5.32 Å². The first kappa shape index (κ1) is 16.0. The summed E-state index contributed by atoms with van der Waals surface area (Å²) in [4.78, 5) is 13.1. The maximum Gasteiger partial charge on any atom is 0.412 e. The van der Waals surface area contributed by atoms with Crippen molar-refractivity contribution >= 4 is 22.4 Å². The predicted octanol–water partition coefficient (Wildman–Crippen LogP) is 5.34. The number of thiophene rings is 1. The summed E-state index contributed by atoms with van der Waals surface area (Å²) < 4.78 is 5.30. The Bertz CT molecular complexity index is 441. The second-order valence-corrected chi connectivity index (χ2v) is 7.45. The molecule has 0 aromatic carbocycles. The van der Waals surface area contributed by atoms with E-state index in [0.29, 0.717) is 11.8 Å². The van der Waals surface area contributed by atoms with Gasteiger partial charge in [0.2, 0.25) is 0 Å². The van der Waals surface area contributed by atoms with Crippen molar-refractivity contribution in [2.24, 2.45) is 0 Å². The van der Waals surface area contributed by atoms with Crippen molar-refractivity contribution in [3.05, 3.63) is 16.5 Å². The normalized spacial score (nSPS) is 12.1. The van der Waals surface area contributed by atoms with Crippen LogP contribution in [-0.2, 0) is 4.74 Å². The van der Waals surface area contributed by atoms with Gasteiger partial charge in [-0.2, -0.15) is 0 Å². The Kier molecular flexibility index (Phi) is 5.02. The highest BCUT2D eigenvalue weighted by molar-refractivity contribution is 7.16. The second-order valence-electron chi connectivity index (χ2n) is 6.37. The van der Waals surface area contributed by atoms with Crippen molar-refractivity contribution in [3.63, 3.8) is 0 Å². The standard InChI is InChI=1S/C15H25NO2S/c1-9(2)11-8-12(10(3)4)19-13(11)16-14(17)18-15(5,6)7/h8-10H,1-7H3,(H,16,17). The largest absolute Gasteiger partial charge is 0.444 e. The van der Waals surface area contributed by atoms with Crippen LogP contribution in [0, 0.1) is 0 Å². The number of hydrogen-bond acceptors (Lipinski definition) is 3. The number of hydrogen-bond donors (Lipinski definition) is 1.